The van der Waals surface area contributed by atoms with Gasteiger partial charge in [0.05, 0.1) is 0 Å². The highest BCUT2D eigenvalue weighted by atomic mass is 16.5. The van der Waals surface area contributed by atoms with Gasteiger partial charge in [-0.25, -0.2) is 0 Å². The molecule has 0 aliphatic carbocycles. The van der Waals surface area contributed by atoms with Crippen molar-refractivity contribution in [2.24, 2.45) is 0 Å². The van der Waals surface area contributed by atoms with Gasteiger partial charge < -0.3 is 14.6 Å². The molecule has 0 bridgehead atoms. The van der Waals surface area contributed by atoms with Crippen LogP contribution in [-0.2, 0) is 4.79 Å². The van der Waals surface area contributed by atoms with Gasteiger partial charge in [-0.3, -0.25) is 4.79 Å². The molecular weight excluding hydrogens is 196 g/mol. The summed E-state index contributed by atoms with van der Waals surface area (Å²) >= 11 is 0. The van der Waals surface area contributed by atoms with Gasteiger partial charge in [-0.2, -0.15) is 0 Å². The van der Waals surface area contributed by atoms with Gasteiger partial charge in [-0.15, -0.1) is 0 Å². The summed E-state index contributed by atoms with van der Waals surface area (Å²) in [6.45, 7) is 1.60. The van der Waals surface area contributed by atoms with E-state index >= 15 is 0 Å². The van der Waals surface area contributed by atoms with Gasteiger partial charge in [0.15, 0.2) is 11.5 Å². The smallest absolute Gasteiger partial charge is 0.303 e. The molecule has 15 heavy (non-hydrogen) atoms. The fourth-order valence-corrected chi connectivity index (χ4v) is 0.847. The first-order valence-electron chi connectivity index (χ1n) is 4.53. The van der Waals surface area contributed by atoms with Crippen LogP contribution >= 0.6 is 0 Å². The Kier molecular flexibility index (Phi) is 4.22. The Balaban J connectivity index is 0.000000195. The van der Waals surface area contributed by atoms with E-state index < -0.39 is 5.97 Å². The standard InChI is InChI=1S/C8H6O2.C3H6O2/c1-2-4-8-7(3-1)9-5-6-10-8;1-2-3(4)5/h1-6H;2H2,1H3,(H,4,5). The zero-order valence-electron chi connectivity index (χ0n) is 8.34. The third-order valence-corrected chi connectivity index (χ3v) is 1.60. The molecule has 4 heteroatoms. The third-order valence-electron chi connectivity index (χ3n) is 1.60. The van der Waals surface area contributed by atoms with Crippen LogP contribution in [-0.4, -0.2) is 11.1 Å². The lowest BCUT2D eigenvalue weighted by Crippen LogP contribution is -1.94. The number of benzene rings is 1. The first kappa shape index (κ1) is 11.1. The van der Waals surface area contributed by atoms with E-state index in [4.69, 9.17) is 14.6 Å². The quantitative estimate of drug-likeness (QED) is 0.769. The van der Waals surface area contributed by atoms with Crippen LogP contribution in [0.2, 0.25) is 0 Å². The highest BCUT2D eigenvalue weighted by molar-refractivity contribution is 5.66. The molecule has 0 saturated heterocycles. The van der Waals surface area contributed by atoms with Crippen LogP contribution in [0.25, 0.3) is 0 Å². The fourth-order valence-electron chi connectivity index (χ4n) is 0.847. The molecule has 0 unspecified atom stereocenters. The van der Waals surface area contributed by atoms with E-state index in [0.29, 0.717) is 0 Å². The average molecular weight is 208 g/mol. The zero-order chi connectivity index (χ0) is 11.1. The fraction of sp³-hybridized carbons (Fsp3) is 0.182. The Hall–Kier alpha value is -1.97. The Morgan fingerprint density at radius 2 is 1.60 bits per heavy atom. The van der Waals surface area contributed by atoms with Crippen LogP contribution in [0.4, 0.5) is 0 Å². The maximum absolute atomic E-state index is 9.37. The molecule has 0 atom stereocenters. The number of fused-ring (bicyclic) bond motifs is 1. The van der Waals surface area contributed by atoms with Gasteiger partial charge in [0.1, 0.15) is 12.5 Å². The van der Waals surface area contributed by atoms with Crippen LogP contribution in [0.5, 0.6) is 11.5 Å². The predicted octanol–water partition coefficient (Wildman–Crippen LogP) is 2.41. The van der Waals surface area contributed by atoms with E-state index in [9.17, 15) is 4.79 Å². The monoisotopic (exact) mass is 208 g/mol. The third kappa shape index (κ3) is 3.72. The minimum Gasteiger partial charge on any atom is -0.481 e. The predicted molar refractivity (Wildman–Crippen MR) is 54.8 cm³/mol. The van der Waals surface area contributed by atoms with Crippen molar-refractivity contribution < 1.29 is 19.4 Å². The lowest BCUT2D eigenvalue weighted by Gasteiger charge is -2.10. The highest BCUT2D eigenvalue weighted by Crippen LogP contribution is 2.28. The minimum absolute atomic E-state index is 0.222. The minimum atomic E-state index is -0.745. The zero-order valence-corrected chi connectivity index (χ0v) is 8.34. The molecule has 0 amide bonds. The molecule has 0 spiro atoms. The normalized spacial score (nSPS) is 11.3. The van der Waals surface area contributed by atoms with Gasteiger partial charge in [-0.1, -0.05) is 19.1 Å². The van der Waals surface area contributed by atoms with E-state index in [0.717, 1.165) is 11.5 Å². The van der Waals surface area contributed by atoms with Crippen molar-refractivity contribution in [3.8, 4) is 11.5 Å². The van der Waals surface area contributed by atoms with Gasteiger partial charge >= 0.3 is 5.97 Å². The van der Waals surface area contributed by atoms with E-state index in [-0.39, 0.29) is 6.42 Å². The lowest BCUT2D eigenvalue weighted by molar-refractivity contribution is -0.136. The van der Waals surface area contributed by atoms with Crippen molar-refractivity contribution in [3.63, 3.8) is 0 Å². The Labute approximate surface area is 87.7 Å². The lowest BCUT2D eigenvalue weighted by atomic mass is 10.3. The molecule has 0 fully saturated rings. The van der Waals surface area contributed by atoms with Gasteiger partial charge in [0.2, 0.25) is 0 Å². The largest absolute Gasteiger partial charge is 0.481 e. The number of para-hydroxylation sites is 2. The van der Waals surface area contributed by atoms with Crippen molar-refractivity contribution in [2.45, 2.75) is 13.3 Å². The van der Waals surface area contributed by atoms with Crippen molar-refractivity contribution in [3.05, 3.63) is 36.8 Å². The van der Waals surface area contributed by atoms with Crippen LogP contribution in [0.1, 0.15) is 13.3 Å². The molecule has 4 nitrogen and oxygen atoms in total. The summed E-state index contributed by atoms with van der Waals surface area (Å²) < 4.78 is 10.2. The Morgan fingerprint density at radius 1 is 1.20 bits per heavy atom. The van der Waals surface area contributed by atoms with E-state index in [1.54, 1.807) is 6.92 Å². The van der Waals surface area contributed by atoms with Crippen LogP contribution in [0.3, 0.4) is 0 Å². The summed E-state index contributed by atoms with van der Waals surface area (Å²) in [4.78, 5) is 9.37. The van der Waals surface area contributed by atoms with Crippen molar-refractivity contribution in [1.29, 1.82) is 0 Å². The number of rotatable bonds is 1. The number of hydrogen-bond donors (Lipinski definition) is 1. The molecule has 1 aliphatic heterocycles. The molecule has 1 aromatic rings. The molecule has 1 aliphatic rings. The second kappa shape index (κ2) is 5.70. The number of carboxylic acids is 1. The second-order valence-electron chi connectivity index (χ2n) is 2.70. The molecule has 1 aromatic carbocycles. The maximum atomic E-state index is 9.37. The molecule has 0 saturated carbocycles. The molecule has 0 aromatic heterocycles. The van der Waals surface area contributed by atoms with Crippen LogP contribution < -0.4 is 9.47 Å². The summed E-state index contributed by atoms with van der Waals surface area (Å²) in [5.41, 5.74) is 0. The van der Waals surface area contributed by atoms with E-state index in [1.807, 2.05) is 24.3 Å². The number of carboxylic acid groups (broad SMARTS) is 1. The van der Waals surface area contributed by atoms with Crippen LogP contribution in [0, 0.1) is 0 Å². The molecule has 2 rings (SSSR count). The van der Waals surface area contributed by atoms with E-state index in [1.165, 1.54) is 12.5 Å². The first-order chi connectivity index (χ1) is 7.24. The summed E-state index contributed by atoms with van der Waals surface area (Å²) in [5.74, 6) is 0.792. The molecule has 0 radical (unpaired) electrons. The maximum Gasteiger partial charge on any atom is 0.303 e. The molecule has 80 valence electrons. The average Bonchev–Trinajstić information content (AvgIpc) is 2.30. The molecular formula is C11H12O4. The van der Waals surface area contributed by atoms with Gasteiger partial charge in [-0.05, 0) is 12.1 Å². The first-order valence-corrected chi connectivity index (χ1v) is 4.53. The van der Waals surface area contributed by atoms with Gasteiger partial charge in [0, 0.05) is 6.42 Å². The van der Waals surface area contributed by atoms with E-state index in [2.05, 4.69) is 0 Å². The van der Waals surface area contributed by atoms with Crippen molar-refractivity contribution in [1.82, 2.24) is 0 Å². The number of ether oxygens (including phenoxy) is 2. The summed E-state index contributed by atoms with van der Waals surface area (Å²) in [7, 11) is 0. The molecule has 1 heterocycles. The molecule has 1 N–H and O–H groups in total. The summed E-state index contributed by atoms with van der Waals surface area (Å²) in [6.07, 6.45) is 3.25. The summed E-state index contributed by atoms with van der Waals surface area (Å²) in [6, 6.07) is 7.53. The second-order valence-corrected chi connectivity index (χ2v) is 2.70. The highest BCUT2D eigenvalue weighted by Gasteiger charge is 2.04. The number of hydrogen-bond acceptors (Lipinski definition) is 3. The number of carbonyl (C=O) groups is 1. The topological polar surface area (TPSA) is 55.8 Å². The van der Waals surface area contributed by atoms with Crippen molar-refractivity contribution >= 4 is 5.97 Å². The van der Waals surface area contributed by atoms with Gasteiger partial charge in [0.25, 0.3) is 0 Å². The number of aliphatic carboxylic acids is 1. The Bertz CT molecular complexity index is 330. The van der Waals surface area contributed by atoms with Crippen LogP contribution in [0.15, 0.2) is 36.8 Å². The Morgan fingerprint density at radius 3 is 1.93 bits per heavy atom. The SMILES string of the molecule is C1=COc2ccccc2O1.CCC(=O)O. The summed E-state index contributed by atoms with van der Waals surface area (Å²) in [5, 5.41) is 7.72. The van der Waals surface area contributed by atoms with Crippen molar-refractivity contribution in [2.75, 3.05) is 0 Å².